The van der Waals surface area contributed by atoms with Crippen LogP contribution in [-0.2, 0) is 0 Å². The maximum atomic E-state index is 12.4. The van der Waals surface area contributed by atoms with E-state index in [9.17, 15) is 4.79 Å². The van der Waals surface area contributed by atoms with Crippen LogP contribution in [-0.4, -0.2) is 32.7 Å². The Bertz CT molecular complexity index is 792. The second kappa shape index (κ2) is 6.43. The highest BCUT2D eigenvalue weighted by Crippen LogP contribution is 2.42. The molecule has 6 heteroatoms. The molecule has 0 aliphatic heterocycles. The molecule has 1 N–H and O–H groups in total. The first-order valence-electron chi connectivity index (χ1n) is 8.96. The van der Waals surface area contributed by atoms with E-state index in [2.05, 4.69) is 32.9 Å². The molecule has 6 nitrogen and oxygen atoms in total. The maximum Gasteiger partial charge on any atom is 0.251 e. The van der Waals surface area contributed by atoms with Crippen molar-refractivity contribution in [2.24, 2.45) is 17.8 Å². The molecule has 0 radical (unpaired) electrons. The van der Waals surface area contributed by atoms with Gasteiger partial charge in [-0.05, 0) is 61.8 Å². The van der Waals surface area contributed by atoms with Crippen molar-refractivity contribution in [3.8, 4) is 11.4 Å². The Morgan fingerprint density at radius 2 is 2.04 bits per heavy atom. The number of carbonyl (C=O) groups excluding carboxylic acids is 1. The molecule has 0 saturated heterocycles. The van der Waals surface area contributed by atoms with Crippen LogP contribution in [0, 0.1) is 17.8 Å². The summed E-state index contributed by atoms with van der Waals surface area (Å²) in [6, 6.07) is 7.56. The molecular formula is C19H23N5O. The van der Waals surface area contributed by atoms with Crippen LogP contribution in [0.15, 0.2) is 36.4 Å². The molecule has 2 aliphatic carbocycles. The third kappa shape index (κ3) is 3.21. The van der Waals surface area contributed by atoms with E-state index in [0.717, 1.165) is 18.0 Å². The van der Waals surface area contributed by atoms with E-state index in [0.29, 0.717) is 23.2 Å². The molecule has 1 aromatic heterocycles. The van der Waals surface area contributed by atoms with Gasteiger partial charge in [0.15, 0.2) is 0 Å². The minimum atomic E-state index is -0.0166. The lowest BCUT2D eigenvalue weighted by atomic mass is 9.93. The first-order valence-corrected chi connectivity index (χ1v) is 8.96. The predicted molar refractivity (Wildman–Crippen MR) is 94.8 cm³/mol. The third-order valence-corrected chi connectivity index (χ3v) is 5.24. The number of carbonyl (C=O) groups is 1. The van der Waals surface area contributed by atoms with Gasteiger partial charge in [0.25, 0.3) is 5.91 Å². The van der Waals surface area contributed by atoms with Crippen LogP contribution in [0.25, 0.3) is 11.4 Å². The molecule has 0 unspecified atom stereocenters. The smallest absolute Gasteiger partial charge is 0.251 e. The van der Waals surface area contributed by atoms with Gasteiger partial charge >= 0.3 is 0 Å². The summed E-state index contributed by atoms with van der Waals surface area (Å²) >= 11 is 0. The summed E-state index contributed by atoms with van der Waals surface area (Å²) < 4.78 is 0. The summed E-state index contributed by atoms with van der Waals surface area (Å²) in [6.07, 6.45) is 7.11. The Morgan fingerprint density at radius 3 is 2.64 bits per heavy atom. The highest BCUT2D eigenvalue weighted by molar-refractivity contribution is 5.94. The number of hydrogen-bond acceptors (Lipinski definition) is 4. The molecule has 2 bridgehead atoms. The standard InChI is InChI=1S/C19H23N5O/c1-12(2)24-22-18(21-23-24)14-5-7-15(8-6-14)19(25)20-11-17-10-13-3-4-16(17)9-13/h3-8,12-13,16-17H,9-11H2,1-2H3,(H,20,25)/t13-,16+,17-/m1/s1. The molecule has 3 atom stereocenters. The fraction of sp³-hybridized carbons (Fsp3) is 0.474. The summed E-state index contributed by atoms with van der Waals surface area (Å²) in [4.78, 5) is 14.0. The lowest BCUT2D eigenvalue weighted by molar-refractivity contribution is 0.0945. The summed E-state index contributed by atoms with van der Waals surface area (Å²) in [6.45, 7) is 4.77. The van der Waals surface area contributed by atoms with Gasteiger partial charge in [0.05, 0.1) is 6.04 Å². The first kappa shape index (κ1) is 16.0. The SMILES string of the molecule is CC(C)n1nnc(-c2ccc(C(=O)NC[C@H]3C[C@@H]4C=C[C@H]3C4)cc2)n1. The van der Waals surface area contributed by atoms with Gasteiger partial charge in [0.1, 0.15) is 0 Å². The van der Waals surface area contributed by atoms with E-state index < -0.39 is 0 Å². The minimum Gasteiger partial charge on any atom is -0.352 e. The quantitative estimate of drug-likeness (QED) is 0.852. The molecular weight excluding hydrogens is 314 g/mol. The summed E-state index contributed by atoms with van der Waals surface area (Å²) in [5.41, 5.74) is 1.53. The van der Waals surface area contributed by atoms with Crippen molar-refractivity contribution in [2.45, 2.75) is 32.7 Å². The van der Waals surface area contributed by atoms with Gasteiger partial charge < -0.3 is 5.32 Å². The topological polar surface area (TPSA) is 72.7 Å². The van der Waals surface area contributed by atoms with Crippen LogP contribution in [0.1, 0.15) is 43.1 Å². The van der Waals surface area contributed by atoms with Gasteiger partial charge in [0, 0.05) is 17.7 Å². The number of amides is 1. The van der Waals surface area contributed by atoms with Crippen molar-refractivity contribution in [1.29, 1.82) is 0 Å². The molecule has 25 heavy (non-hydrogen) atoms. The lowest BCUT2D eigenvalue weighted by Crippen LogP contribution is -2.30. The highest BCUT2D eigenvalue weighted by atomic mass is 16.1. The normalized spacial score (nSPS) is 24.2. The van der Waals surface area contributed by atoms with Crippen LogP contribution < -0.4 is 5.32 Å². The Hall–Kier alpha value is -2.50. The van der Waals surface area contributed by atoms with Crippen LogP contribution >= 0.6 is 0 Å². The molecule has 130 valence electrons. The van der Waals surface area contributed by atoms with Gasteiger partial charge in [0.2, 0.25) is 5.82 Å². The van der Waals surface area contributed by atoms with E-state index in [1.54, 1.807) is 4.80 Å². The maximum absolute atomic E-state index is 12.4. The van der Waals surface area contributed by atoms with Crippen LogP contribution in [0.2, 0.25) is 0 Å². The van der Waals surface area contributed by atoms with Crippen molar-refractivity contribution >= 4 is 5.91 Å². The molecule has 1 amide bonds. The molecule has 2 aromatic rings. The van der Waals surface area contributed by atoms with Crippen LogP contribution in [0.5, 0.6) is 0 Å². The van der Waals surface area contributed by atoms with Crippen LogP contribution in [0.3, 0.4) is 0 Å². The highest BCUT2D eigenvalue weighted by Gasteiger charge is 2.35. The Morgan fingerprint density at radius 1 is 1.24 bits per heavy atom. The van der Waals surface area contributed by atoms with Crippen molar-refractivity contribution < 1.29 is 4.79 Å². The van der Waals surface area contributed by atoms with Gasteiger partial charge in [-0.25, -0.2) is 0 Å². The Balaban J connectivity index is 1.37. The zero-order valence-electron chi connectivity index (χ0n) is 14.6. The van der Waals surface area contributed by atoms with Crippen molar-refractivity contribution in [3.63, 3.8) is 0 Å². The number of nitrogens with zero attached hydrogens (tertiary/aromatic N) is 4. The number of fused-ring (bicyclic) bond motifs is 2. The molecule has 2 aliphatic rings. The van der Waals surface area contributed by atoms with Crippen molar-refractivity contribution in [3.05, 3.63) is 42.0 Å². The Labute approximate surface area is 147 Å². The molecule has 1 aromatic carbocycles. The number of aromatic nitrogens is 4. The number of rotatable bonds is 5. The van der Waals surface area contributed by atoms with E-state index in [4.69, 9.17) is 0 Å². The first-order chi connectivity index (χ1) is 12.1. The fourth-order valence-corrected chi connectivity index (χ4v) is 3.79. The second-order valence-corrected chi connectivity index (χ2v) is 7.35. The number of hydrogen-bond donors (Lipinski definition) is 1. The molecule has 1 saturated carbocycles. The zero-order chi connectivity index (χ0) is 17.4. The number of nitrogens with one attached hydrogen (secondary N) is 1. The van der Waals surface area contributed by atoms with Gasteiger partial charge in [-0.2, -0.15) is 4.80 Å². The minimum absolute atomic E-state index is 0.0166. The van der Waals surface area contributed by atoms with Gasteiger partial charge in [-0.1, -0.05) is 24.3 Å². The summed E-state index contributed by atoms with van der Waals surface area (Å²) in [5.74, 6) is 2.54. The van der Waals surface area contributed by atoms with Gasteiger partial charge in [-0.3, -0.25) is 4.79 Å². The fourth-order valence-electron chi connectivity index (χ4n) is 3.79. The largest absolute Gasteiger partial charge is 0.352 e. The average Bonchev–Trinajstić information content (AvgIpc) is 3.35. The van der Waals surface area contributed by atoms with E-state index in [1.807, 2.05) is 38.1 Å². The molecule has 4 rings (SSSR count). The van der Waals surface area contributed by atoms with E-state index in [1.165, 1.54) is 12.8 Å². The van der Waals surface area contributed by atoms with Crippen molar-refractivity contribution in [2.75, 3.05) is 6.54 Å². The average molecular weight is 337 g/mol. The number of allylic oxidation sites excluding steroid dienone is 2. The number of tetrazole rings is 1. The van der Waals surface area contributed by atoms with Crippen LogP contribution in [0.4, 0.5) is 0 Å². The molecule has 0 spiro atoms. The van der Waals surface area contributed by atoms with Crippen molar-refractivity contribution in [1.82, 2.24) is 25.5 Å². The monoisotopic (exact) mass is 337 g/mol. The van der Waals surface area contributed by atoms with E-state index >= 15 is 0 Å². The molecule has 1 fully saturated rings. The second-order valence-electron chi connectivity index (χ2n) is 7.35. The summed E-state index contributed by atoms with van der Waals surface area (Å²) in [7, 11) is 0. The van der Waals surface area contributed by atoms with Gasteiger partial charge in [-0.15, -0.1) is 10.2 Å². The number of benzene rings is 1. The zero-order valence-corrected chi connectivity index (χ0v) is 14.6. The predicted octanol–water partition coefficient (Wildman–Crippen LogP) is 2.86. The van der Waals surface area contributed by atoms with E-state index in [-0.39, 0.29) is 11.9 Å². The summed E-state index contributed by atoms with van der Waals surface area (Å²) in [5, 5.41) is 15.5. The molecule has 1 heterocycles. The lowest BCUT2D eigenvalue weighted by Gasteiger charge is -2.18. The Kier molecular flexibility index (Phi) is 4.11. The third-order valence-electron chi connectivity index (χ3n) is 5.24.